The first-order chi connectivity index (χ1) is 6.86. The van der Waals surface area contributed by atoms with Crippen LogP contribution in [0.4, 0.5) is 0 Å². The zero-order chi connectivity index (χ0) is 9.80. The monoisotopic (exact) mass is 190 g/mol. The second kappa shape index (κ2) is 4.47. The van der Waals surface area contributed by atoms with Gasteiger partial charge >= 0.3 is 0 Å². The summed E-state index contributed by atoms with van der Waals surface area (Å²) in [5.74, 6) is 0. The molecule has 1 fully saturated rings. The van der Waals surface area contributed by atoms with Gasteiger partial charge in [-0.3, -0.25) is 0 Å². The van der Waals surface area contributed by atoms with Gasteiger partial charge in [0.05, 0.1) is 0 Å². The molecule has 2 rings (SSSR count). The summed E-state index contributed by atoms with van der Waals surface area (Å²) in [4.78, 5) is 4.85. The molecule has 1 aliphatic carbocycles. The highest BCUT2D eigenvalue weighted by Gasteiger charge is 2.14. The smallest absolute Gasteiger partial charge is 0.0363 e. The molecule has 0 atom stereocenters. The fraction of sp³-hybridized carbons (Fsp3) is 0.500. The Morgan fingerprint density at radius 2 is 1.86 bits per heavy atom. The first kappa shape index (κ1) is 9.53. The molecule has 76 valence electrons. The molecule has 14 heavy (non-hydrogen) atoms. The van der Waals surface area contributed by atoms with Crippen LogP contribution in [0.2, 0.25) is 0 Å². The average Bonchev–Trinajstić information content (AvgIpc) is 2.47. The molecular weight excluding hydrogens is 172 g/mol. The average molecular weight is 190 g/mol. The van der Waals surface area contributed by atoms with E-state index in [9.17, 15) is 0 Å². The number of hydrogen-bond donors (Lipinski definition) is 0. The van der Waals surface area contributed by atoms with E-state index in [2.05, 4.69) is 47.2 Å². The van der Waals surface area contributed by atoms with Crippen molar-refractivity contribution in [1.29, 1.82) is 0 Å². The van der Waals surface area contributed by atoms with Gasteiger partial charge in [-0.25, -0.2) is 0 Å². The van der Waals surface area contributed by atoms with Crippen molar-refractivity contribution in [3.8, 4) is 0 Å². The van der Waals surface area contributed by atoms with Gasteiger partial charge in [-0.2, -0.15) is 0 Å². The van der Waals surface area contributed by atoms with Gasteiger partial charge in [-0.1, -0.05) is 18.2 Å². The van der Waals surface area contributed by atoms with Crippen LogP contribution >= 0.6 is 0 Å². The van der Waals surface area contributed by atoms with Crippen molar-refractivity contribution in [2.45, 2.75) is 6.42 Å². The van der Waals surface area contributed by atoms with Gasteiger partial charge in [0.25, 0.3) is 0 Å². The Morgan fingerprint density at radius 1 is 1.07 bits per heavy atom. The van der Waals surface area contributed by atoms with E-state index in [1.165, 1.54) is 18.8 Å². The summed E-state index contributed by atoms with van der Waals surface area (Å²) in [5, 5.41) is 0. The summed E-state index contributed by atoms with van der Waals surface area (Å²) in [5.41, 5.74) is 1.37. The molecule has 1 heterocycles. The molecule has 0 spiro atoms. The standard InChI is InChI=1S/C12H18N2/c1-13-8-10-14(11-9-13)12-6-4-2-3-5-7-12/h2,4-7H,3,8-11H2,1H3. The van der Waals surface area contributed by atoms with Crippen LogP contribution in [0.5, 0.6) is 0 Å². The summed E-state index contributed by atoms with van der Waals surface area (Å²) >= 11 is 0. The minimum Gasteiger partial charge on any atom is -0.369 e. The van der Waals surface area contributed by atoms with Crippen molar-refractivity contribution >= 4 is 0 Å². The van der Waals surface area contributed by atoms with Gasteiger partial charge in [0.1, 0.15) is 0 Å². The number of nitrogens with zero attached hydrogens (tertiary/aromatic N) is 2. The molecule has 0 radical (unpaired) electrons. The molecule has 0 unspecified atom stereocenters. The Kier molecular flexibility index (Phi) is 3.04. The number of piperazine rings is 1. The van der Waals surface area contributed by atoms with Gasteiger partial charge in [-0.05, 0) is 25.6 Å². The largest absolute Gasteiger partial charge is 0.369 e. The summed E-state index contributed by atoms with van der Waals surface area (Å²) in [7, 11) is 2.19. The Morgan fingerprint density at radius 3 is 2.64 bits per heavy atom. The van der Waals surface area contributed by atoms with Crippen LogP contribution in [0.1, 0.15) is 6.42 Å². The molecule has 0 aromatic heterocycles. The Balaban J connectivity index is 2.00. The topological polar surface area (TPSA) is 6.48 Å². The summed E-state index contributed by atoms with van der Waals surface area (Å²) in [6.45, 7) is 4.66. The van der Waals surface area contributed by atoms with Crippen LogP contribution in [-0.4, -0.2) is 43.0 Å². The molecule has 2 heteroatoms. The number of likely N-dealkylation sites (N-methyl/N-ethyl adjacent to an activating group) is 1. The first-order valence-corrected chi connectivity index (χ1v) is 5.33. The Bertz CT molecular complexity index is 268. The van der Waals surface area contributed by atoms with Crippen LogP contribution in [0.25, 0.3) is 0 Å². The normalized spacial score (nSPS) is 23.5. The lowest BCUT2D eigenvalue weighted by Gasteiger charge is -2.34. The lowest BCUT2D eigenvalue weighted by Crippen LogP contribution is -2.43. The zero-order valence-corrected chi connectivity index (χ0v) is 8.82. The van der Waals surface area contributed by atoms with Crippen LogP contribution in [0.15, 0.2) is 36.1 Å². The van der Waals surface area contributed by atoms with Gasteiger partial charge in [-0.15, -0.1) is 0 Å². The maximum absolute atomic E-state index is 2.46. The quantitative estimate of drug-likeness (QED) is 0.620. The zero-order valence-electron chi connectivity index (χ0n) is 8.82. The molecule has 0 saturated carbocycles. The van der Waals surface area contributed by atoms with Gasteiger partial charge < -0.3 is 9.80 Å². The summed E-state index contributed by atoms with van der Waals surface area (Å²) in [6, 6.07) is 0. The number of rotatable bonds is 1. The molecule has 0 N–H and O–H groups in total. The van der Waals surface area contributed by atoms with Gasteiger partial charge in [0.15, 0.2) is 0 Å². The Labute approximate surface area is 86.2 Å². The number of hydrogen-bond acceptors (Lipinski definition) is 2. The van der Waals surface area contributed by atoms with E-state index in [0.717, 1.165) is 19.5 Å². The maximum Gasteiger partial charge on any atom is 0.0363 e. The van der Waals surface area contributed by atoms with E-state index in [1.54, 1.807) is 0 Å². The molecule has 0 amide bonds. The molecule has 2 nitrogen and oxygen atoms in total. The van der Waals surface area contributed by atoms with Crippen molar-refractivity contribution in [2.75, 3.05) is 33.2 Å². The molecule has 0 bridgehead atoms. The van der Waals surface area contributed by atoms with Crippen molar-refractivity contribution in [2.24, 2.45) is 0 Å². The van der Waals surface area contributed by atoms with Crippen molar-refractivity contribution in [1.82, 2.24) is 9.80 Å². The van der Waals surface area contributed by atoms with Gasteiger partial charge in [0.2, 0.25) is 0 Å². The van der Waals surface area contributed by atoms with E-state index in [0.29, 0.717) is 0 Å². The van der Waals surface area contributed by atoms with Crippen molar-refractivity contribution in [3.05, 3.63) is 36.1 Å². The second-order valence-electron chi connectivity index (χ2n) is 3.95. The van der Waals surface area contributed by atoms with E-state index >= 15 is 0 Å². The summed E-state index contributed by atoms with van der Waals surface area (Å²) in [6.07, 6.45) is 12.1. The minimum absolute atomic E-state index is 1.06. The molecular formula is C12H18N2. The molecule has 1 saturated heterocycles. The van der Waals surface area contributed by atoms with Crippen LogP contribution in [0.3, 0.4) is 0 Å². The highest BCUT2D eigenvalue weighted by atomic mass is 15.2. The SMILES string of the molecule is CN1CCN(C2=CC=CCC=C2)CC1. The predicted molar refractivity (Wildman–Crippen MR) is 60.1 cm³/mol. The van der Waals surface area contributed by atoms with Crippen LogP contribution < -0.4 is 0 Å². The molecule has 0 aromatic rings. The second-order valence-corrected chi connectivity index (χ2v) is 3.95. The van der Waals surface area contributed by atoms with E-state index in [1.807, 2.05) is 0 Å². The third-order valence-corrected chi connectivity index (χ3v) is 2.83. The van der Waals surface area contributed by atoms with E-state index < -0.39 is 0 Å². The highest BCUT2D eigenvalue weighted by molar-refractivity contribution is 5.26. The Hall–Kier alpha value is -1.02. The third-order valence-electron chi connectivity index (χ3n) is 2.83. The molecule has 1 aliphatic heterocycles. The molecule has 2 aliphatic rings. The predicted octanol–water partition coefficient (Wildman–Crippen LogP) is 1.63. The lowest BCUT2D eigenvalue weighted by atomic mass is 10.2. The van der Waals surface area contributed by atoms with E-state index in [4.69, 9.17) is 0 Å². The van der Waals surface area contributed by atoms with Crippen LogP contribution in [0, 0.1) is 0 Å². The fourth-order valence-electron chi connectivity index (χ4n) is 1.84. The lowest BCUT2D eigenvalue weighted by molar-refractivity contribution is 0.190. The van der Waals surface area contributed by atoms with E-state index in [-0.39, 0.29) is 0 Å². The maximum atomic E-state index is 2.46. The van der Waals surface area contributed by atoms with Gasteiger partial charge in [0, 0.05) is 31.9 Å². The number of allylic oxidation sites excluding steroid dienone is 5. The fourth-order valence-corrected chi connectivity index (χ4v) is 1.84. The highest BCUT2D eigenvalue weighted by Crippen LogP contribution is 2.12. The minimum atomic E-state index is 1.06. The summed E-state index contributed by atoms with van der Waals surface area (Å²) < 4.78 is 0. The van der Waals surface area contributed by atoms with Crippen molar-refractivity contribution in [3.63, 3.8) is 0 Å². The van der Waals surface area contributed by atoms with Crippen LogP contribution in [-0.2, 0) is 0 Å². The van der Waals surface area contributed by atoms with Crippen molar-refractivity contribution < 1.29 is 0 Å². The third kappa shape index (κ3) is 2.26. The first-order valence-electron chi connectivity index (χ1n) is 5.33. The molecule has 0 aromatic carbocycles.